The van der Waals surface area contributed by atoms with Crippen LogP contribution in [0.2, 0.25) is 0 Å². The van der Waals surface area contributed by atoms with Crippen molar-refractivity contribution in [1.82, 2.24) is 10.2 Å². The lowest BCUT2D eigenvalue weighted by Crippen LogP contribution is -2.38. The summed E-state index contributed by atoms with van der Waals surface area (Å²) in [5.41, 5.74) is 0.663. The van der Waals surface area contributed by atoms with Crippen molar-refractivity contribution < 1.29 is 23.5 Å². The van der Waals surface area contributed by atoms with Gasteiger partial charge in [-0.05, 0) is 65.2 Å². The molecule has 2 aromatic rings. The fourth-order valence-electron chi connectivity index (χ4n) is 2.78. The molecule has 0 spiro atoms. The van der Waals surface area contributed by atoms with Gasteiger partial charge in [-0.3, -0.25) is 9.59 Å². The number of para-hydroxylation sites is 1. The average molecular weight is 490 g/mol. The zero-order valence-corrected chi connectivity index (χ0v) is 18.5. The fraction of sp³-hybridized carbons (Fsp3) is 0.227. The molecular weight excluding hydrogens is 469 g/mol. The summed E-state index contributed by atoms with van der Waals surface area (Å²) in [5.74, 6) is -1.28. The van der Waals surface area contributed by atoms with E-state index in [9.17, 15) is 18.8 Å². The molecule has 9 heteroatoms. The van der Waals surface area contributed by atoms with Crippen molar-refractivity contribution in [2.24, 2.45) is 0 Å². The highest BCUT2D eigenvalue weighted by Gasteiger charge is 2.35. The van der Waals surface area contributed by atoms with E-state index in [1.807, 2.05) is 13.8 Å². The SMILES string of the molecule is CC[C@H](C)Oc1ccc(/C=C2/NC(=O)N(CC(=O)Nc3ccccc3F)C2=O)cc1Br. The van der Waals surface area contributed by atoms with Gasteiger partial charge < -0.3 is 15.4 Å². The lowest BCUT2D eigenvalue weighted by atomic mass is 10.2. The summed E-state index contributed by atoms with van der Waals surface area (Å²) in [7, 11) is 0. The minimum absolute atomic E-state index is 0.0279. The molecule has 0 radical (unpaired) electrons. The number of hydrogen-bond acceptors (Lipinski definition) is 4. The van der Waals surface area contributed by atoms with Crippen LogP contribution in [0.15, 0.2) is 52.6 Å². The van der Waals surface area contributed by atoms with Crippen molar-refractivity contribution in [1.29, 1.82) is 0 Å². The molecule has 1 heterocycles. The summed E-state index contributed by atoms with van der Waals surface area (Å²) in [4.78, 5) is 37.7. The van der Waals surface area contributed by atoms with Crippen molar-refractivity contribution in [3.8, 4) is 5.75 Å². The largest absolute Gasteiger partial charge is 0.490 e. The Hall–Kier alpha value is -3.20. The van der Waals surface area contributed by atoms with Gasteiger partial charge in [-0.2, -0.15) is 0 Å². The highest BCUT2D eigenvalue weighted by molar-refractivity contribution is 9.10. The number of hydrogen-bond donors (Lipinski definition) is 2. The fourth-order valence-corrected chi connectivity index (χ4v) is 3.27. The first-order chi connectivity index (χ1) is 14.8. The first-order valence-electron chi connectivity index (χ1n) is 9.63. The van der Waals surface area contributed by atoms with Crippen LogP contribution in [-0.4, -0.2) is 35.4 Å². The number of amides is 4. The second-order valence-electron chi connectivity index (χ2n) is 6.93. The van der Waals surface area contributed by atoms with Crippen LogP contribution >= 0.6 is 15.9 Å². The minimum atomic E-state index is -0.726. The predicted molar refractivity (Wildman–Crippen MR) is 118 cm³/mol. The van der Waals surface area contributed by atoms with Gasteiger partial charge in [0.15, 0.2) is 0 Å². The van der Waals surface area contributed by atoms with Gasteiger partial charge in [0.2, 0.25) is 5.91 Å². The molecule has 3 rings (SSSR count). The van der Waals surface area contributed by atoms with Crippen LogP contribution in [0, 0.1) is 5.82 Å². The monoisotopic (exact) mass is 489 g/mol. The lowest BCUT2D eigenvalue weighted by molar-refractivity contribution is -0.127. The number of benzene rings is 2. The predicted octanol–water partition coefficient (Wildman–Crippen LogP) is 4.30. The standard InChI is InChI=1S/C22H21BrFN3O4/c1-3-13(2)31-19-9-8-14(10-15(19)23)11-18-21(29)27(22(30)26-18)12-20(28)25-17-7-5-4-6-16(17)24/h4-11,13H,3,12H2,1-2H3,(H,25,28)(H,26,30)/b18-11+/t13-/m0/s1. The Labute approximate surface area is 187 Å². The Morgan fingerprint density at radius 1 is 1.29 bits per heavy atom. The van der Waals surface area contributed by atoms with E-state index in [1.165, 1.54) is 24.3 Å². The van der Waals surface area contributed by atoms with E-state index >= 15 is 0 Å². The highest BCUT2D eigenvalue weighted by atomic mass is 79.9. The zero-order chi connectivity index (χ0) is 22.5. The normalized spacial score (nSPS) is 15.7. The molecule has 0 saturated carbocycles. The molecule has 0 aromatic heterocycles. The summed E-state index contributed by atoms with van der Waals surface area (Å²) >= 11 is 3.44. The Bertz CT molecular complexity index is 1060. The van der Waals surface area contributed by atoms with Crippen LogP contribution in [-0.2, 0) is 9.59 Å². The van der Waals surface area contributed by atoms with Crippen molar-refractivity contribution >= 4 is 45.5 Å². The van der Waals surface area contributed by atoms with Gasteiger partial charge >= 0.3 is 6.03 Å². The quantitative estimate of drug-likeness (QED) is 0.448. The summed E-state index contributed by atoms with van der Waals surface area (Å²) < 4.78 is 20.2. The smallest absolute Gasteiger partial charge is 0.329 e. The van der Waals surface area contributed by atoms with Crippen LogP contribution in [0.25, 0.3) is 6.08 Å². The number of halogens is 2. The number of carbonyl (C=O) groups is 3. The third-order valence-corrected chi connectivity index (χ3v) is 5.20. The maximum atomic E-state index is 13.7. The van der Waals surface area contributed by atoms with Crippen LogP contribution in [0.1, 0.15) is 25.8 Å². The van der Waals surface area contributed by atoms with Crippen molar-refractivity contribution in [2.75, 3.05) is 11.9 Å². The van der Waals surface area contributed by atoms with Gasteiger partial charge in [-0.15, -0.1) is 0 Å². The Balaban J connectivity index is 1.69. The number of imide groups is 1. The molecule has 1 aliphatic rings. The van der Waals surface area contributed by atoms with Crippen molar-refractivity contribution in [3.05, 3.63) is 64.0 Å². The number of ether oxygens (including phenoxy) is 1. The van der Waals surface area contributed by atoms with E-state index in [0.717, 1.165) is 11.3 Å². The molecule has 2 aromatic carbocycles. The number of carbonyl (C=O) groups excluding carboxylic acids is 3. The summed E-state index contributed by atoms with van der Waals surface area (Å²) in [6.07, 6.45) is 2.42. The van der Waals surface area contributed by atoms with Gasteiger partial charge in [-0.25, -0.2) is 14.1 Å². The second-order valence-corrected chi connectivity index (χ2v) is 7.79. The third kappa shape index (κ3) is 5.49. The Morgan fingerprint density at radius 2 is 2.03 bits per heavy atom. The van der Waals surface area contributed by atoms with Gasteiger partial charge in [0, 0.05) is 0 Å². The number of nitrogens with one attached hydrogen (secondary N) is 2. The maximum Gasteiger partial charge on any atom is 0.329 e. The van der Waals surface area contributed by atoms with Crippen LogP contribution in [0.3, 0.4) is 0 Å². The molecule has 0 bridgehead atoms. The first-order valence-corrected chi connectivity index (χ1v) is 10.4. The lowest BCUT2D eigenvalue weighted by Gasteiger charge is -2.14. The van der Waals surface area contributed by atoms with Crippen molar-refractivity contribution in [2.45, 2.75) is 26.4 Å². The van der Waals surface area contributed by atoms with E-state index in [-0.39, 0.29) is 17.5 Å². The van der Waals surface area contributed by atoms with E-state index in [1.54, 1.807) is 24.3 Å². The van der Waals surface area contributed by atoms with Gasteiger partial charge in [-0.1, -0.05) is 25.1 Å². The molecule has 162 valence electrons. The summed E-state index contributed by atoms with van der Waals surface area (Å²) in [5, 5.41) is 4.81. The molecule has 31 heavy (non-hydrogen) atoms. The van der Waals surface area contributed by atoms with Gasteiger partial charge in [0.05, 0.1) is 16.3 Å². The Kier molecular flexibility index (Phi) is 7.06. The van der Waals surface area contributed by atoms with Crippen LogP contribution < -0.4 is 15.4 Å². The molecule has 1 fully saturated rings. The molecule has 2 N–H and O–H groups in total. The maximum absolute atomic E-state index is 13.7. The van der Waals surface area contributed by atoms with Crippen LogP contribution in [0.5, 0.6) is 5.75 Å². The number of urea groups is 1. The minimum Gasteiger partial charge on any atom is -0.490 e. The second kappa shape index (κ2) is 9.74. The van der Waals surface area contributed by atoms with Gasteiger partial charge in [0.1, 0.15) is 23.8 Å². The molecule has 0 unspecified atom stereocenters. The number of rotatable bonds is 7. The van der Waals surface area contributed by atoms with E-state index in [2.05, 4.69) is 26.6 Å². The molecule has 1 saturated heterocycles. The van der Waals surface area contributed by atoms with Gasteiger partial charge in [0.25, 0.3) is 5.91 Å². The third-order valence-electron chi connectivity index (χ3n) is 4.58. The summed E-state index contributed by atoms with van der Waals surface area (Å²) in [6, 6.07) is 10.2. The Morgan fingerprint density at radius 3 is 2.71 bits per heavy atom. The molecule has 1 atom stereocenters. The van der Waals surface area contributed by atoms with Crippen molar-refractivity contribution in [3.63, 3.8) is 0 Å². The molecule has 4 amide bonds. The van der Waals surface area contributed by atoms with Crippen LogP contribution in [0.4, 0.5) is 14.9 Å². The number of anilines is 1. The summed E-state index contributed by atoms with van der Waals surface area (Å²) in [6.45, 7) is 3.45. The zero-order valence-electron chi connectivity index (χ0n) is 16.9. The topological polar surface area (TPSA) is 87.7 Å². The molecule has 7 nitrogen and oxygen atoms in total. The molecule has 0 aliphatic carbocycles. The molecule has 1 aliphatic heterocycles. The highest BCUT2D eigenvalue weighted by Crippen LogP contribution is 2.28. The van der Waals surface area contributed by atoms with E-state index in [0.29, 0.717) is 15.8 Å². The average Bonchev–Trinajstić information content (AvgIpc) is 2.99. The van der Waals surface area contributed by atoms with E-state index < -0.39 is 30.2 Å². The number of nitrogens with zero attached hydrogens (tertiary/aromatic N) is 1. The first kappa shape index (κ1) is 22.5. The van der Waals surface area contributed by atoms with E-state index in [4.69, 9.17) is 4.74 Å². The molecular formula is C22H21BrFN3O4.